The van der Waals surface area contributed by atoms with Crippen molar-refractivity contribution in [3.05, 3.63) is 29.8 Å². The van der Waals surface area contributed by atoms with Crippen LogP contribution < -0.4 is 10.6 Å². The molecule has 8 heteroatoms. The summed E-state index contributed by atoms with van der Waals surface area (Å²) in [6, 6.07) is 3.27. The number of para-hydroxylation sites is 1. The van der Waals surface area contributed by atoms with Crippen LogP contribution in [0.5, 0.6) is 0 Å². The van der Waals surface area contributed by atoms with Crippen LogP contribution in [0.2, 0.25) is 0 Å². The van der Waals surface area contributed by atoms with E-state index in [4.69, 9.17) is 0 Å². The summed E-state index contributed by atoms with van der Waals surface area (Å²) in [6.07, 6.45) is 0.399. The van der Waals surface area contributed by atoms with Gasteiger partial charge in [-0.05, 0) is 25.5 Å². The second kappa shape index (κ2) is 5.69. The zero-order valence-corrected chi connectivity index (χ0v) is 12.3. The van der Waals surface area contributed by atoms with Crippen molar-refractivity contribution in [2.24, 2.45) is 0 Å². The first-order valence-corrected chi connectivity index (χ1v) is 8.22. The zero-order chi connectivity index (χ0) is 15.7. The Morgan fingerprint density at radius 3 is 2.48 bits per heavy atom. The Morgan fingerprint density at radius 1 is 1.33 bits per heavy atom. The minimum Gasteiger partial charge on any atom is -0.320 e. The first-order chi connectivity index (χ1) is 9.71. The Bertz CT molecular complexity index is 643. The topological polar surface area (TPSA) is 75.3 Å². The lowest BCUT2D eigenvalue weighted by Crippen LogP contribution is -2.47. The van der Waals surface area contributed by atoms with Gasteiger partial charge in [-0.25, -0.2) is 17.2 Å². The number of rotatable bonds is 4. The Balaban J connectivity index is 1.94. The molecule has 0 aliphatic carbocycles. The molecule has 1 unspecified atom stereocenters. The van der Waals surface area contributed by atoms with Gasteiger partial charge in [0.05, 0.1) is 18.1 Å². The van der Waals surface area contributed by atoms with Crippen molar-refractivity contribution in [2.75, 3.05) is 23.4 Å². The molecule has 5 nitrogen and oxygen atoms in total. The number of hydrogen-bond acceptors (Lipinski definition) is 4. The van der Waals surface area contributed by atoms with Crippen LogP contribution in [0.15, 0.2) is 18.2 Å². The van der Waals surface area contributed by atoms with Gasteiger partial charge in [0.1, 0.15) is 17.3 Å². The lowest BCUT2D eigenvalue weighted by molar-refractivity contribution is -0.115. The zero-order valence-electron chi connectivity index (χ0n) is 11.4. The van der Waals surface area contributed by atoms with E-state index in [2.05, 4.69) is 10.6 Å². The number of halogens is 2. The maximum Gasteiger partial charge on any atom is 0.238 e. The van der Waals surface area contributed by atoms with E-state index in [-0.39, 0.29) is 18.1 Å². The summed E-state index contributed by atoms with van der Waals surface area (Å²) in [4.78, 5) is 11.7. The largest absolute Gasteiger partial charge is 0.320 e. The Labute approximate surface area is 121 Å². The first kappa shape index (κ1) is 15.8. The molecule has 0 saturated carbocycles. The van der Waals surface area contributed by atoms with Crippen LogP contribution in [0.25, 0.3) is 0 Å². The van der Waals surface area contributed by atoms with Crippen molar-refractivity contribution in [1.29, 1.82) is 0 Å². The smallest absolute Gasteiger partial charge is 0.238 e. The molecule has 1 saturated heterocycles. The molecule has 2 N–H and O–H groups in total. The molecular formula is C13H16F2N2O3S. The molecule has 0 spiro atoms. The molecule has 0 bridgehead atoms. The highest BCUT2D eigenvalue weighted by Gasteiger charge is 2.38. The molecule has 1 aromatic rings. The van der Waals surface area contributed by atoms with Crippen molar-refractivity contribution in [3.63, 3.8) is 0 Å². The van der Waals surface area contributed by atoms with Gasteiger partial charge in [-0.2, -0.15) is 0 Å². The molecule has 21 heavy (non-hydrogen) atoms. The van der Waals surface area contributed by atoms with Crippen LogP contribution in [0.1, 0.15) is 13.3 Å². The molecule has 1 fully saturated rings. The van der Waals surface area contributed by atoms with Crippen molar-refractivity contribution in [3.8, 4) is 0 Å². The number of carbonyl (C=O) groups is 1. The SMILES string of the molecule is CC1(NCC(=O)Nc2c(F)cccc2F)CCS(=O)(=O)C1. The fourth-order valence-corrected chi connectivity index (χ4v) is 4.37. The van der Waals surface area contributed by atoms with Gasteiger partial charge in [-0.15, -0.1) is 0 Å². The maximum atomic E-state index is 13.4. The minimum atomic E-state index is -3.09. The third-order valence-corrected chi connectivity index (χ3v) is 5.31. The number of nitrogens with one attached hydrogen (secondary N) is 2. The van der Waals surface area contributed by atoms with Crippen molar-refractivity contribution >= 4 is 21.4 Å². The number of sulfone groups is 1. The van der Waals surface area contributed by atoms with Gasteiger partial charge in [0.15, 0.2) is 9.84 Å². The van der Waals surface area contributed by atoms with E-state index in [0.717, 1.165) is 12.1 Å². The summed E-state index contributed by atoms with van der Waals surface area (Å²) >= 11 is 0. The quantitative estimate of drug-likeness (QED) is 0.871. The molecule has 1 amide bonds. The second-order valence-corrected chi connectivity index (χ2v) is 7.59. The molecule has 1 aromatic carbocycles. The number of benzene rings is 1. The standard InChI is InChI=1S/C13H16F2N2O3S/c1-13(5-6-21(19,20)8-13)16-7-11(18)17-12-9(14)3-2-4-10(12)15/h2-4,16H,5-8H2,1H3,(H,17,18). The van der Waals surface area contributed by atoms with Crippen LogP contribution >= 0.6 is 0 Å². The Kier molecular flexibility index (Phi) is 4.29. The van der Waals surface area contributed by atoms with E-state index >= 15 is 0 Å². The number of hydrogen-bond donors (Lipinski definition) is 2. The molecule has 0 aromatic heterocycles. The van der Waals surface area contributed by atoms with E-state index in [0.29, 0.717) is 6.42 Å². The van der Waals surface area contributed by atoms with Gasteiger partial charge in [-0.1, -0.05) is 6.07 Å². The average molecular weight is 318 g/mol. The second-order valence-electron chi connectivity index (χ2n) is 5.40. The summed E-state index contributed by atoms with van der Waals surface area (Å²) < 4.78 is 49.6. The molecule has 1 aliphatic rings. The third kappa shape index (κ3) is 3.98. The summed E-state index contributed by atoms with van der Waals surface area (Å²) in [5.41, 5.74) is -1.20. The van der Waals surface area contributed by atoms with Gasteiger partial charge >= 0.3 is 0 Å². The van der Waals surface area contributed by atoms with Crippen LogP contribution in [0.3, 0.4) is 0 Å². The summed E-state index contributed by atoms with van der Waals surface area (Å²) in [6.45, 7) is 1.48. The fraction of sp³-hybridized carbons (Fsp3) is 0.462. The van der Waals surface area contributed by atoms with Crippen molar-refractivity contribution < 1.29 is 22.0 Å². The molecule has 0 radical (unpaired) electrons. The van der Waals surface area contributed by atoms with E-state index < -0.39 is 38.6 Å². The molecule has 116 valence electrons. The summed E-state index contributed by atoms with van der Waals surface area (Å²) in [7, 11) is -3.09. The highest BCUT2D eigenvalue weighted by atomic mass is 32.2. The van der Waals surface area contributed by atoms with Crippen LogP contribution in [0.4, 0.5) is 14.5 Å². The third-order valence-electron chi connectivity index (χ3n) is 3.41. The van der Waals surface area contributed by atoms with Gasteiger partial charge in [0.25, 0.3) is 0 Å². The molecular weight excluding hydrogens is 302 g/mol. The summed E-state index contributed by atoms with van der Waals surface area (Å²) in [5, 5.41) is 4.98. The van der Waals surface area contributed by atoms with E-state index in [1.54, 1.807) is 6.92 Å². The highest BCUT2D eigenvalue weighted by Crippen LogP contribution is 2.22. The minimum absolute atomic E-state index is 0.0542. The van der Waals surface area contributed by atoms with Crippen molar-refractivity contribution in [1.82, 2.24) is 5.32 Å². The molecule has 2 rings (SSSR count). The van der Waals surface area contributed by atoms with E-state index in [1.165, 1.54) is 6.07 Å². The Hall–Kier alpha value is -1.54. The van der Waals surface area contributed by atoms with Gasteiger partial charge in [-0.3, -0.25) is 4.79 Å². The predicted molar refractivity (Wildman–Crippen MR) is 74.7 cm³/mol. The van der Waals surface area contributed by atoms with Crippen LogP contribution in [-0.2, 0) is 14.6 Å². The van der Waals surface area contributed by atoms with Gasteiger partial charge < -0.3 is 10.6 Å². The highest BCUT2D eigenvalue weighted by molar-refractivity contribution is 7.91. The van der Waals surface area contributed by atoms with E-state index in [1.807, 2.05) is 0 Å². The van der Waals surface area contributed by atoms with Gasteiger partial charge in [0.2, 0.25) is 5.91 Å². The lowest BCUT2D eigenvalue weighted by atomic mass is 10.0. The number of amides is 1. The van der Waals surface area contributed by atoms with Crippen molar-refractivity contribution in [2.45, 2.75) is 18.9 Å². The fourth-order valence-electron chi connectivity index (χ4n) is 2.24. The predicted octanol–water partition coefficient (Wildman–Crippen LogP) is 1.07. The number of carbonyl (C=O) groups excluding carboxylic acids is 1. The van der Waals surface area contributed by atoms with Gasteiger partial charge in [0, 0.05) is 5.54 Å². The molecule has 1 aliphatic heterocycles. The van der Waals surface area contributed by atoms with E-state index in [9.17, 15) is 22.0 Å². The van der Waals surface area contributed by atoms with Crippen LogP contribution in [0, 0.1) is 11.6 Å². The maximum absolute atomic E-state index is 13.4. The summed E-state index contributed by atoms with van der Waals surface area (Å²) in [5.74, 6) is -2.35. The lowest BCUT2D eigenvalue weighted by Gasteiger charge is -2.23. The first-order valence-electron chi connectivity index (χ1n) is 6.40. The number of anilines is 1. The normalized spacial score (nSPS) is 24.0. The monoisotopic (exact) mass is 318 g/mol. The molecule has 1 atom stereocenters. The Morgan fingerprint density at radius 2 is 1.95 bits per heavy atom. The molecule has 1 heterocycles. The average Bonchev–Trinajstić information content (AvgIpc) is 2.67. The van der Waals surface area contributed by atoms with Crippen LogP contribution in [-0.4, -0.2) is 37.9 Å².